The van der Waals surface area contributed by atoms with E-state index in [4.69, 9.17) is 38.6 Å². The lowest BCUT2D eigenvalue weighted by atomic mass is 10.2. The van der Waals surface area contributed by atoms with E-state index < -0.39 is 54.5 Å². The van der Waals surface area contributed by atoms with Crippen molar-refractivity contribution in [3.8, 4) is 0 Å². The highest BCUT2D eigenvalue weighted by Crippen LogP contribution is 2.33. The molecule has 0 spiro atoms. The van der Waals surface area contributed by atoms with Gasteiger partial charge in [-0.3, -0.25) is 0 Å². The van der Waals surface area contributed by atoms with E-state index in [2.05, 4.69) is 9.47 Å². The van der Waals surface area contributed by atoms with Gasteiger partial charge in [0.1, 0.15) is 12.2 Å². The Bertz CT molecular complexity index is 756. The number of aliphatic hydroxyl groups is 3. The van der Waals surface area contributed by atoms with Crippen LogP contribution < -0.4 is 0 Å². The first-order valence-electron chi connectivity index (χ1n) is 9.49. The Morgan fingerprint density at radius 3 is 2.19 bits per heavy atom. The Labute approximate surface area is 184 Å². The molecule has 0 unspecified atom stereocenters. The van der Waals surface area contributed by atoms with Crippen LogP contribution in [0.4, 0.5) is 0 Å². The highest BCUT2D eigenvalue weighted by atomic mass is 16.8. The van der Waals surface area contributed by atoms with Gasteiger partial charge in [-0.2, -0.15) is 0 Å². The number of rotatable bonds is 8. The van der Waals surface area contributed by atoms with E-state index in [1.807, 2.05) is 0 Å². The Morgan fingerprint density at radius 1 is 1.09 bits per heavy atom. The predicted molar refractivity (Wildman–Crippen MR) is 101 cm³/mol. The summed E-state index contributed by atoms with van der Waals surface area (Å²) in [5, 5.41) is 26.9. The van der Waals surface area contributed by atoms with Crippen LogP contribution >= 0.6 is 0 Å². The van der Waals surface area contributed by atoms with Crippen molar-refractivity contribution in [2.45, 2.75) is 44.1 Å². The lowest BCUT2D eigenvalue weighted by Gasteiger charge is -2.21. The van der Waals surface area contributed by atoms with Gasteiger partial charge in [-0.05, 0) is 13.8 Å². The third-order valence-corrected chi connectivity index (χ3v) is 4.47. The van der Waals surface area contributed by atoms with E-state index in [1.165, 1.54) is 21.3 Å². The summed E-state index contributed by atoms with van der Waals surface area (Å²) in [4.78, 5) is 22.6. The maximum Gasteiger partial charge on any atom is 0.378 e. The molecule has 182 valence electrons. The fraction of sp³-hybridized carbons (Fsp3) is 0.684. The molecule has 3 N–H and O–H groups in total. The van der Waals surface area contributed by atoms with E-state index >= 15 is 0 Å². The minimum absolute atomic E-state index is 0.00764. The molecular weight excluding hydrogens is 436 g/mol. The molecule has 0 amide bonds. The molecule has 1 fully saturated rings. The van der Waals surface area contributed by atoms with Crippen molar-refractivity contribution in [2.24, 2.45) is 0 Å². The fourth-order valence-corrected chi connectivity index (χ4v) is 3.02. The minimum atomic E-state index is -1.34. The summed E-state index contributed by atoms with van der Waals surface area (Å²) in [5.41, 5.74) is 0. The first kappa shape index (κ1) is 25.7. The summed E-state index contributed by atoms with van der Waals surface area (Å²) in [6.45, 7) is 3.27. The van der Waals surface area contributed by atoms with Gasteiger partial charge in [0.2, 0.25) is 11.5 Å². The van der Waals surface area contributed by atoms with Crippen LogP contribution in [0, 0.1) is 0 Å². The van der Waals surface area contributed by atoms with Crippen LogP contribution in [-0.2, 0) is 47.5 Å². The normalized spacial score (nSPS) is 27.5. The van der Waals surface area contributed by atoms with Crippen molar-refractivity contribution in [1.29, 1.82) is 0 Å². The summed E-state index contributed by atoms with van der Waals surface area (Å²) in [5.74, 6) is -2.65. The fourth-order valence-electron chi connectivity index (χ4n) is 3.02. The van der Waals surface area contributed by atoms with Gasteiger partial charge in [-0.1, -0.05) is 0 Å². The molecule has 0 radical (unpaired) electrons. The van der Waals surface area contributed by atoms with Gasteiger partial charge in [0.15, 0.2) is 36.3 Å². The predicted octanol–water partition coefficient (Wildman–Crippen LogP) is -0.777. The van der Waals surface area contributed by atoms with Crippen molar-refractivity contribution in [2.75, 3.05) is 41.3 Å². The van der Waals surface area contributed by atoms with Crippen LogP contribution in [0.2, 0.25) is 0 Å². The Kier molecular flexibility index (Phi) is 8.69. The zero-order valence-electron chi connectivity index (χ0n) is 18.4. The van der Waals surface area contributed by atoms with Gasteiger partial charge in [0.05, 0.1) is 27.4 Å². The number of cyclic esters (lactones) is 2. The molecule has 1 saturated heterocycles. The molecule has 0 aromatic heterocycles. The van der Waals surface area contributed by atoms with Gasteiger partial charge >= 0.3 is 11.9 Å². The average molecular weight is 464 g/mol. The average Bonchev–Trinajstić information content (AvgIpc) is 3.37. The van der Waals surface area contributed by atoms with Crippen LogP contribution in [0.5, 0.6) is 0 Å². The van der Waals surface area contributed by atoms with E-state index in [0.717, 1.165) is 0 Å². The quantitative estimate of drug-likeness (QED) is 0.302. The van der Waals surface area contributed by atoms with Gasteiger partial charge < -0.3 is 53.2 Å². The Morgan fingerprint density at radius 2 is 1.72 bits per heavy atom. The summed E-state index contributed by atoms with van der Waals surface area (Å²) in [7, 11) is 4.06. The van der Waals surface area contributed by atoms with Crippen molar-refractivity contribution >= 4 is 11.9 Å². The molecular formula is C19H28O13. The van der Waals surface area contributed by atoms with Crippen LogP contribution in [0.3, 0.4) is 0 Å². The van der Waals surface area contributed by atoms with E-state index in [9.17, 15) is 14.7 Å². The zero-order chi connectivity index (χ0) is 24.1. The second-order valence-electron chi connectivity index (χ2n) is 7.14. The Hall–Kier alpha value is -2.58. The number of methoxy groups -OCH3 is 3. The number of carbonyl (C=O) groups is 2. The molecule has 4 atom stereocenters. The van der Waals surface area contributed by atoms with E-state index in [-0.39, 0.29) is 24.1 Å². The molecule has 13 heteroatoms. The molecule has 3 aliphatic heterocycles. The molecule has 13 nitrogen and oxygen atoms in total. The second kappa shape index (κ2) is 10.8. The van der Waals surface area contributed by atoms with Gasteiger partial charge in [-0.25, -0.2) is 9.59 Å². The molecule has 3 aliphatic rings. The number of aliphatic hydroxyl groups excluding tert-OH is 3. The number of esters is 2. The largest absolute Gasteiger partial charge is 0.505 e. The van der Waals surface area contributed by atoms with E-state index in [0.29, 0.717) is 6.61 Å². The molecule has 0 bridgehead atoms. The summed E-state index contributed by atoms with van der Waals surface area (Å²) in [6, 6.07) is 0. The van der Waals surface area contributed by atoms with Crippen molar-refractivity contribution in [1.82, 2.24) is 0 Å². The van der Waals surface area contributed by atoms with E-state index in [1.54, 1.807) is 13.8 Å². The molecule has 0 aliphatic carbocycles. The molecule has 0 aromatic rings. The second-order valence-corrected chi connectivity index (χ2v) is 7.14. The monoisotopic (exact) mass is 464 g/mol. The lowest BCUT2D eigenvalue weighted by molar-refractivity contribution is -0.164. The minimum Gasteiger partial charge on any atom is -0.505 e. The smallest absolute Gasteiger partial charge is 0.378 e. The zero-order valence-corrected chi connectivity index (χ0v) is 18.4. The van der Waals surface area contributed by atoms with Crippen LogP contribution in [0.1, 0.15) is 13.8 Å². The number of hydrogen-bond acceptors (Lipinski definition) is 13. The third-order valence-electron chi connectivity index (χ3n) is 4.47. The SMILES string of the molecule is COC1=C(O)[C@@H]([C@@H](O)CO)OC1=O.COCOC1=C(OC)C(=O)O[C@@H]1[C@@H]1COC(C)(C)O1. The van der Waals surface area contributed by atoms with Crippen LogP contribution in [0.15, 0.2) is 23.0 Å². The maximum absolute atomic E-state index is 11.7. The first-order chi connectivity index (χ1) is 15.1. The molecule has 0 saturated carbocycles. The summed E-state index contributed by atoms with van der Waals surface area (Å²) >= 11 is 0. The highest BCUT2D eigenvalue weighted by molar-refractivity contribution is 5.90. The standard InChI is InChI=1S/C12H18O7.C7H10O6/c1-12(2)17-5-7(19-12)8-9(16-6-14-3)10(15-4)11(13)18-8;1-12-6-4(10)5(3(9)2-8)13-7(6)11/h7-8H,5-6H2,1-4H3;3,5,8-10H,2H2,1H3/t7-,8+;3-,5+/m00/s1. The topological polar surface area (TPSA) is 169 Å². The van der Waals surface area contributed by atoms with Crippen LogP contribution in [0.25, 0.3) is 0 Å². The van der Waals surface area contributed by atoms with Gasteiger partial charge in [-0.15, -0.1) is 0 Å². The first-order valence-corrected chi connectivity index (χ1v) is 9.49. The van der Waals surface area contributed by atoms with Gasteiger partial charge in [0, 0.05) is 7.11 Å². The highest BCUT2D eigenvalue weighted by Gasteiger charge is 2.48. The molecule has 32 heavy (non-hydrogen) atoms. The summed E-state index contributed by atoms with van der Waals surface area (Å²) < 4.78 is 40.6. The Balaban J connectivity index is 0.000000244. The van der Waals surface area contributed by atoms with Crippen LogP contribution in [-0.4, -0.2) is 98.8 Å². The van der Waals surface area contributed by atoms with Crippen molar-refractivity contribution in [3.63, 3.8) is 0 Å². The van der Waals surface area contributed by atoms with Crippen molar-refractivity contribution in [3.05, 3.63) is 23.0 Å². The lowest BCUT2D eigenvalue weighted by Crippen LogP contribution is -2.33. The molecule has 0 aromatic carbocycles. The molecule has 3 rings (SSSR count). The summed E-state index contributed by atoms with van der Waals surface area (Å²) in [6.07, 6.45) is -3.68. The van der Waals surface area contributed by atoms with Gasteiger partial charge in [0.25, 0.3) is 0 Å². The maximum atomic E-state index is 11.7. The number of hydrogen-bond donors (Lipinski definition) is 3. The van der Waals surface area contributed by atoms with Crippen molar-refractivity contribution < 1.29 is 62.8 Å². The number of carbonyl (C=O) groups excluding carboxylic acids is 2. The number of ether oxygens (including phenoxy) is 8. The molecule has 3 heterocycles. The third kappa shape index (κ3) is 5.61.